The first-order chi connectivity index (χ1) is 12.6. The average molecular weight is 358 g/mol. The second kappa shape index (κ2) is 8.05. The van der Waals surface area contributed by atoms with Gasteiger partial charge in [0.1, 0.15) is 5.82 Å². The van der Waals surface area contributed by atoms with Crippen molar-refractivity contribution in [3.05, 3.63) is 59.4 Å². The molecule has 0 spiro atoms. The molecule has 7 heteroatoms. The number of hydrogen-bond donors (Lipinski definition) is 3. The maximum absolute atomic E-state index is 14.6. The van der Waals surface area contributed by atoms with Crippen LogP contribution in [0.25, 0.3) is 0 Å². The van der Waals surface area contributed by atoms with Crippen LogP contribution < -0.4 is 16.0 Å². The molecule has 0 atom stereocenters. The van der Waals surface area contributed by atoms with E-state index in [2.05, 4.69) is 5.32 Å². The van der Waals surface area contributed by atoms with Crippen LogP contribution in [0.3, 0.4) is 0 Å². The third-order valence-electron chi connectivity index (χ3n) is 4.63. The second-order valence-electron chi connectivity index (χ2n) is 6.22. The van der Waals surface area contributed by atoms with E-state index in [-0.39, 0.29) is 12.4 Å². The summed E-state index contributed by atoms with van der Waals surface area (Å²) >= 11 is 0. The molecule has 6 nitrogen and oxygen atoms in total. The lowest BCUT2D eigenvalue weighted by Gasteiger charge is -2.36. The van der Waals surface area contributed by atoms with Crippen LogP contribution >= 0.6 is 0 Å². The van der Waals surface area contributed by atoms with E-state index in [4.69, 9.17) is 10.8 Å². The first kappa shape index (κ1) is 18.0. The molecule has 1 aliphatic rings. The Hall–Kier alpha value is -2.80. The summed E-state index contributed by atoms with van der Waals surface area (Å²) in [5.74, 6) is -0.334. The smallest absolute Gasteiger partial charge is 0.407 e. The predicted molar refractivity (Wildman–Crippen MR) is 99.9 cm³/mol. The van der Waals surface area contributed by atoms with Crippen LogP contribution in [0, 0.1) is 5.82 Å². The van der Waals surface area contributed by atoms with Gasteiger partial charge in [-0.3, -0.25) is 0 Å². The number of carbonyl (C=O) groups is 1. The minimum Gasteiger partial charge on any atom is -0.465 e. The fourth-order valence-corrected chi connectivity index (χ4v) is 3.24. The maximum atomic E-state index is 14.6. The highest BCUT2D eigenvalue weighted by Gasteiger charge is 2.25. The molecule has 0 radical (unpaired) electrons. The van der Waals surface area contributed by atoms with Gasteiger partial charge in [-0.15, -0.1) is 0 Å². The Bertz CT molecular complexity index is 762. The quantitative estimate of drug-likeness (QED) is 0.766. The molecule has 3 rings (SSSR count). The van der Waals surface area contributed by atoms with Crippen molar-refractivity contribution in [2.45, 2.75) is 13.1 Å². The molecule has 0 saturated carbocycles. The minimum absolute atomic E-state index is 0.198. The minimum atomic E-state index is -0.942. The summed E-state index contributed by atoms with van der Waals surface area (Å²) in [5.41, 5.74) is 9.04. The van der Waals surface area contributed by atoms with Crippen LogP contribution in [0.4, 0.5) is 20.6 Å². The van der Waals surface area contributed by atoms with Crippen molar-refractivity contribution in [3.63, 3.8) is 0 Å². The largest absolute Gasteiger partial charge is 0.465 e. The van der Waals surface area contributed by atoms with Gasteiger partial charge in [0.25, 0.3) is 0 Å². The SMILES string of the molecule is NCc1c(NCc2ccccc2)ccc(F)c1N1CCN(C(=O)O)CC1. The van der Waals surface area contributed by atoms with E-state index in [1.54, 1.807) is 6.07 Å². The Morgan fingerprint density at radius 2 is 1.81 bits per heavy atom. The van der Waals surface area contributed by atoms with Crippen LogP contribution in [0.5, 0.6) is 0 Å². The lowest BCUT2D eigenvalue weighted by molar-refractivity contribution is 0.142. The van der Waals surface area contributed by atoms with Crippen molar-refractivity contribution in [2.24, 2.45) is 5.73 Å². The van der Waals surface area contributed by atoms with Crippen molar-refractivity contribution in [2.75, 3.05) is 36.4 Å². The fourth-order valence-electron chi connectivity index (χ4n) is 3.24. The van der Waals surface area contributed by atoms with Crippen LogP contribution in [0.2, 0.25) is 0 Å². The molecule has 0 bridgehead atoms. The molecule has 1 amide bonds. The summed E-state index contributed by atoms with van der Waals surface area (Å²) in [7, 11) is 0. The highest BCUT2D eigenvalue weighted by Crippen LogP contribution is 2.31. The van der Waals surface area contributed by atoms with E-state index < -0.39 is 6.09 Å². The molecule has 2 aromatic rings. The van der Waals surface area contributed by atoms with E-state index in [1.165, 1.54) is 11.0 Å². The summed E-state index contributed by atoms with van der Waals surface area (Å²) in [4.78, 5) is 14.3. The fraction of sp³-hybridized carbons (Fsp3) is 0.316. The molecule has 0 unspecified atom stereocenters. The van der Waals surface area contributed by atoms with E-state index in [0.29, 0.717) is 44.0 Å². The molecular formula is C19H23FN4O2. The predicted octanol–water partition coefficient (Wildman–Crippen LogP) is 2.70. The second-order valence-corrected chi connectivity index (χ2v) is 6.22. The van der Waals surface area contributed by atoms with Gasteiger partial charge in [-0.1, -0.05) is 30.3 Å². The Morgan fingerprint density at radius 3 is 2.42 bits per heavy atom. The summed E-state index contributed by atoms with van der Waals surface area (Å²) < 4.78 is 14.6. The zero-order valence-corrected chi connectivity index (χ0v) is 14.5. The van der Waals surface area contributed by atoms with Crippen molar-refractivity contribution < 1.29 is 14.3 Å². The number of nitrogens with one attached hydrogen (secondary N) is 1. The maximum Gasteiger partial charge on any atom is 0.407 e. The zero-order chi connectivity index (χ0) is 18.5. The molecule has 1 fully saturated rings. The van der Waals surface area contributed by atoms with Gasteiger partial charge in [0.05, 0.1) is 5.69 Å². The number of anilines is 2. The molecule has 26 heavy (non-hydrogen) atoms. The highest BCUT2D eigenvalue weighted by atomic mass is 19.1. The van der Waals surface area contributed by atoms with Gasteiger partial charge in [0, 0.05) is 50.5 Å². The number of benzene rings is 2. The molecule has 138 valence electrons. The molecule has 4 N–H and O–H groups in total. The standard InChI is InChI=1S/C19H23FN4O2/c20-16-6-7-17(22-13-14-4-2-1-3-5-14)15(12-21)18(16)23-8-10-24(11-9-23)19(25)26/h1-7,22H,8-13,21H2,(H,25,26). The molecular weight excluding hydrogens is 335 g/mol. The summed E-state index contributed by atoms with van der Waals surface area (Å²) in [6, 6.07) is 13.1. The van der Waals surface area contributed by atoms with Gasteiger partial charge in [-0.2, -0.15) is 0 Å². The number of rotatable bonds is 5. The summed E-state index contributed by atoms with van der Waals surface area (Å²) in [5, 5.41) is 12.4. The summed E-state index contributed by atoms with van der Waals surface area (Å²) in [6.07, 6.45) is -0.942. The third-order valence-corrected chi connectivity index (χ3v) is 4.63. The molecule has 0 aromatic heterocycles. The average Bonchev–Trinajstić information content (AvgIpc) is 2.67. The van der Waals surface area contributed by atoms with Crippen LogP contribution in [-0.2, 0) is 13.1 Å². The molecule has 1 heterocycles. The van der Waals surface area contributed by atoms with Gasteiger partial charge in [0.2, 0.25) is 0 Å². The van der Waals surface area contributed by atoms with Gasteiger partial charge >= 0.3 is 6.09 Å². The number of hydrogen-bond acceptors (Lipinski definition) is 4. The van der Waals surface area contributed by atoms with Gasteiger partial charge in [-0.25, -0.2) is 9.18 Å². The Labute approximate surface area is 152 Å². The van der Waals surface area contributed by atoms with Crippen LogP contribution in [0.15, 0.2) is 42.5 Å². The number of amides is 1. The third kappa shape index (κ3) is 3.88. The van der Waals surface area contributed by atoms with Crippen molar-refractivity contribution in [1.29, 1.82) is 0 Å². The molecule has 1 aliphatic heterocycles. The summed E-state index contributed by atoms with van der Waals surface area (Å²) in [6.45, 7) is 2.40. The van der Waals surface area contributed by atoms with Gasteiger partial charge in [-0.05, 0) is 17.7 Å². The van der Waals surface area contributed by atoms with Crippen LogP contribution in [-0.4, -0.2) is 42.3 Å². The van der Waals surface area contributed by atoms with E-state index in [9.17, 15) is 9.18 Å². The molecule has 1 saturated heterocycles. The normalized spacial score (nSPS) is 14.4. The molecule has 0 aliphatic carbocycles. The zero-order valence-electron chi connectivity index (χ0n) is 14.5. The Morgan fingerprint density at radius 1 is 1.12 bits per heavy atom. The number of halogens is 1. The van der Waals surface area contributed by atoms with Crippen LogP contribution in [0.1, 0.15) is 11.1 Å². The highest BCUT2D eigenvalue weighted by molar-refractivity contribution is 5.69. The number of nitrogens with zero attached hydrogens (tertiary/aromatic N) is 2. The van der Waals surface area contributed by atoms with Crippen molar-refractivity contribution in [1.82, 2.24) is 4.90 Å². The Balaban J connectivity index is 1.80. The van der Waals surface area contributed by atoms with E-state index in [1.807, 2.05) is 35.2 Å². The number of carboxylic acid groups (broad SMARTS) is 1. The first-order valence-corrected chi connectivity index (χ1v) is 8.62. The number of nitrogens with two attached hydrogens (primary N) is 1. The molecule has 2 aromatic carbocycles. The monoisotopic (exact) mass is 358 g/mol. The van der Waals surface area contributed by atoms with Crippen molar-refractivity contribution >= 4 is 17.5 Å². The first-order valence-electron chi connectivity index (χ1n) is 8.62. The number of piperazine rings is 1. The van der Waals surface area contributed by atoms with E-state index >= 15 is 0 Å². The van der Waals surface area contributed by atoms with Gasteiger partial charge in [0.15, 0.2) is 0 Å². The Kier molecular flexibility index (Phi) is 5.58. The lowest BCUT2D eigenvalue weighted by Crippen LogP contribution is -2.48. The van der Waals surface area contributed by atoms with Gasteiger partial charge < -0.3 is 26.0 Å². The lowest BCUT2D eigenvalue weighted by atomic mass is 10.1. The van der Waals surface area contributed by atoms with E-state index in [0.717, 1.165) is 11.3 Å². The topological polar surface area (TPSA) is 81.8 Å². The van der Waals surface area contributed by atoms with Crippen molar-refractivity contribution in [3.8, 4) is 0 Å².